The molecule has 1 aliphatic rings. The van der Waals surface area contributed by atoms with Gasteiger partial charge in [0.1, 0.15) is 0 Å². The van der Waals surface area contributed by atoms with Crippen LogP contribution in [-0.2, 0) is 16.0 Å². The minimum atomic E-state index is -0.900. The molecule has 1 aliphatic heterocycles. The lowest BCUT2D eigenvalue weighted by Gasteiger charge is -2.36. The molecule has 28 heavy (non-hydrogen) atoms. The minimum absolute atomic E-state index is 0.114. The summed E-state index contributed by atoms with van der Waals surface area (Å²) in [5.74, 6) is -1.90. The van der Waals surface area contributed by atoms with Crippen LogP contribution in [0.25, 0.3) is 11.1 Å². The number of hydrogen-bond donors (Lipinski definition) is 2. The number of benzene rings is 2. The Kier molecular flexibility index (Phi) is 6.42. The van der Waals surface area contributed by atoms with Crippen molar-refractivity contribution >= 4 is 5.91 Å². The lowest BCUT2D eigenvalue weighted by atomic mass is 9.73. The smallest absolute Gasteiger partial charge is 0.226 e. The van der Waals surface area contributed by atoms with Crippen molar-refractivity contribution in [2.24, 2.45) is 5.41 Å². The van der Waals surface area contributed by atoms with Crippen LogP contribution in [0.5, 0.6) is 0 Å². The van der Waals surface area contributed by atoms with Crippen LogP contribution in [0.1, 0.15) is 25.3 Å². The number of halogens is 2. The molecule has 4 nitrogen and oxygen atoms in total. The first kappa shape index (κ1) is 20.4. The third-order valence-electron chi connectivity index (χ3n) is 5.27. The van der Waals surface area contributed by atoms with Crippen molar-refractivity contribution in [2.45, 2.75) is 32.3 Å². The van der Waals surface area contributed by atoms with E-state index < -0.39 is 23.2 Å². The molecule has 150 valence electrons. The second kappa shape index (κ2) is 8.80. The summed E-state index contributed by atoms with van der Waals surface area (Å²) in [6, 6.07) is 11.3. The molecule has 3 rings (SSSR count). The summed E-state index contributed by atoms with van der Waals surface area (Å²) in [5.41, 5.74) is 1.57. The number of ether oxygens (including phenoxy) is 1. The van der Waals surface area contributed by atoms with Crippen LogP contribution in [0.3, 0.4) is 0 Å². The van der Waals surface area contributed by atoms with Gasteiger partial charge in [-0.3, -0.25) is 4.79 Å². The predicted octanol–water partition coefficient (Wildman–Crippen LogP) is 3.47. The number of nitrogens with one attached hydrogen (secondary N) is 1. The maximum absolute atomic E-state index is 13.8. The number of rotatable bonds is 6. The quantitative estimate of drug-likeness (QED) is 0.795. The first-order chi connectivity index (χ1) is 13.4. The Labute approximate surface area is 163 Å². The van der Waals surface area contributed by atoms with Crippen LogP contribution >= 0.6 is 0 Å². The summed E-state index contributed by atoms with van der Waals surface area (Å²) < 4.78 is 32.6. The molecule has 2 N–H and O–H groups in total. The lowest BCUT2D eigenvalue weighted by molar-refractivity contribution is -0.137. The van der Waals surface area contributed by atoms with E-state index in [0.717, 1.165) is 17.2 Å². The fourth-order valence-corrected chi connectivity index (χ4v) is 3.66. The number of aliphatic hydroxyl groups is 1. The van der Waals surface area contributed by atoms with E-state index in [9.17, 15) is 18.7 Å². The molecule has 1 atom stereocenters. The van der Waals surface area contributed by atoms with Gasteiger partial charge in [0.05, 0.1) is 11.5 Å². The molecule has 0 bridgehead atoms. The molecule has 2 aromatic rings. The van der Waals surface area contributed by atoms with Crippen LogP contribution in [0, 0.1) is 17.0 Å². The SMILES string of the molecule is CC(O)CNC(=O)C1(Cc2ccccc2-c2ccc(F)c(F)c2)CCOCC1. The summed E-state index contributed by atoms with van der Waals surface area (Å²) in [7, 11) is 0. The van der Waals surface area contributed by atoms with Crippen LogP contribution in [-0.4, -0.2) is 36.9 Å². The molecular weight excluding hydrogens is 364 g/mol. The summed E-state index contributed by atoms with van der Waals surface area (Å²) in [6.45, 7) is 2.77. The molecular formula is C22H25F2NO3. The zero-order valence-corrected chi connectivity index (χ0v) is 15.9. The topological polar surface area (TPSA) is 58.6 Å². The predicted molar refractivity (Wildman–Crippen MR) is 103 cm³/mol. The highest BCUT2D eigenvalue weighted by Crippen LogP contribution is 2.37. The zero-order valence-electron chi connectivity index (χ0n) is 15.9. The fourth-order valence-electron chi connectivity index (χ4n) is 3.66. The van der Waals surface area contributed by atoms with Crippen LogP contribution < -0.4 is 5.32 Å². The Balaban J connectivity index is 1.93. The fraction of sp³-hybridized carbons (Fsp3) is 0.409. The molecule has 1 unspecified atom stereocenters. The van der Waals surface area contributed by atoms with Crippen LogP contribution in [0.4, 0.5) is 8.78 Å². The highest BCUT2D eigenvalue weighted by atomic mass is 19.2. The highest BCUT2D eigenvalue weighted by Gasteiger charge is 2.40. The Morgan fingerprint density at radius 2 is 1.89 bits per heavy atom. The molecule has 1 heterocycles. The molecule has 0 aliphatic carbocycles. The summed E-state index contributed by atoms with van der Waals surface area (Å²) >= 11 is 0. The van der Waals surface area contributed by atoms with Crippen molar-refractivity contribution in [1.82, 2.24) is 5.32 Å². The second-order valence-corrected chi connectivity index (χ2v) is 7.41. The Morgan fingerprint density at radius 1 is 1.18 bits per heavy atom. The van der Waals surface area contributed by atoms with Gasteiger partial charge in [0.25, 0.3) is 0 Å². The average molecular weight is 389 g/mol. The van der Waals surface area contributed by atoms with Gasteiger partial charge in [-0.05, 0) is 55.0 Å². The Hall–Kier alpha value is -2.31. The molecule has 0 aromatic heterocycles. The minimum Gasteiger partial charge on any atom is -0.392 e. The third kappa shape index (κ3) is 4.56. The van der Waals surface area contributed by atoms with Gasteiger partial charge in [0, 0.05) is 19.8 Å². The van der Waals surface area contributed by atoms with Crippen molar-refractivity contribution in [3.63, 3.8) is 0 Å². The monoisotopic (exact) mass is 389 g/mol. The third-order valence-corrected chi connectivity index (χ3v) is 5.27. The normalized spacial score (nSPS) is 17.1. The van der Waals surface area contributed by atoms with E-state index in [4.69, 9.17) is 4.74 Å². The number of aliphatic hydroxyl groups excluding tert-OH is 1. The summed E-state index contributed by atoms with van der Waals surface area (Å²) in [6.07, 6.45) is 0.947. The molecule has 0 spiro atoms. The number of hydrogen-bond acceptors (Lipinski definition) is 3. The Morgan fingerprint density at radius 3 is 2.57 bits per heavy atom. The molecule has 0 saturated carbocycles. The molecule has 2 aromatic carbocycles. The zero-order chi connectivity index (χ0) is 20.1. The van der Waals surface area contributed by atoms with Gasteiger partial charge in [-0.1, -0.05) is 30.3 Å². The summed E-state index contributed by atoms with van der Waals surface area (Å²) in [4.78, 5) is 13.0. The van der Waals surface area contributed by atoms with Crippen molar-refractivity contribution in [3.05, 3.63) is 59.7 Å². The maximum Gasteiger partial charge on any atom is 0.226 e. The second-order valence-electron chi connectivity index (χ2n) is 7.41. The first-order valence-corrected chi connectivity index (χ1v) is 9.49. The van der Waals surface area contributed by atoms with E-state index in [1.54, 1.807) is 13.0 Å². The molecule has 1 saturated heterocycles. The first-order valence-electron chi connectivity index (χ1n) is 9.49. The van der Waals surface area contributed by atoms with Gasteiger partial charge in [-0.25, -0.2) is 8.78 Å². The van der Waals surface area contributed by atoms with E-state index >= 15 is 0 Å². The van der Waals surface area contributed by atoms with Crippen LogP contribution in [0.15, 0.2) is 42.5 Å². The van der Waals surface area contributed by atoms with Crippen molar-refractivity contribution in [1.29, 1.82) is 0 Å². The molecule has 6 heteroatoms. The standard InChI is InChI=1S/C22H25F2NO3/c1-15(26)14-25-21(27)22(8-10-28-11-9-22)13-17-4-2-3-5-18(17)16-6-7-19(23)20(24)12-16/h2-7,12,15,26H,8-11,13-14H2,1H3,(H,25,27). The van der Waals surface area contributed by atoms with Crippen molar-refractivity contribution in [3.8, 4) is 11.1 Å². The van der Waals surface area contributed by atoms with Gasteiger partial charge in [0.2, 0.25) is 5.91 Å². The van der Waals surface area contributed by atoms with Gasteiger partial charge in [0.15, 0.2) is 11.6 Å². The van der Waals surface area contributed by atoms with Crippen LogP contribution in [0.2, 0.25) is 0 Å². The molecule has 1 fully saturated rings. The number of amides is 1. The van der Waals surface area contributed by atoms with Gasteiger partial charge in [-0.2, -0.15) is 0 Å². The summed E-state index contributed by atoms with van der Waals surface area (Å²) in [5, 5.41) is 12.3. The number of carbonyl (C=O) groups is 1. The lowest BCUT2D eigenvalue weighted by Crippen LogP contribution is -2.47. The maximum atomic E-state index is 13.8. The van der Waals surface area contributed by atoms with E-state index in [1.165, 1.54) is 6.07 Å². The molecule has 0 radical (unpaired) electrons. The van der Waals surface area contributed by atoms with E-state index in [0.29, 0.717) is 38.0 Å². The van der Waals surface area contributed by atoms with E-state index in [2.05, 4.69) is 5.32 Å². The Bertz CT molecular complexity index is 832. The highest BCUT2D eigenvalue weighted by molar-refractivity contribution is 5.83. The van der Waals surface area contributed by atoms with E-state index in [-0.39, 0.29) is 12.5 Å². The van der Waals surface area contributed by atoms with Gasteiger partial charge >= 0.3 is 0 Å². The van der Waals surface area contributed by atoms with E-state index in [1.807, 2.05) is 24.3 Å². The van der Waals surface area contributed by atoms with Gasteiger partial charge in [-0.15, -0.1) is 0 Å². The van der Waals surface area contributed by atoms with Crippen molar-refractivity contribution < 1.29 is 23.4 Å². The van der Waals surface area contributed by atoms with Gasteiger partial charge < -0.3 is 15.2 Å². The van der Waals surface area contributed by atoms with Crippen molar-refractivity contribution in [2.75, 3.05) is 19.8 Å². The molecule has 1 amide bonds. The largest absolute Gasteiger partial charge is 0.392 e. The number of carbonyl (C=O) groups excluding carboxylic acids is 1. The average Bonchev–Trinajstić information content (AvgIpc) is 2.69.